The number of hydrogen-bond acceptors (Lipinski definition) is 4. The molecular formula is C22H14BrNO4. The SMILES string of the molecule is O=C(COc1ccc(N2C(=O)c3ccccc3C2=O)cc1)c1ccc(Br)cc1. The summed E-state index contributed by atoms with van der Waals surface area (Å²) in [7, 11) is 0. The van der Waals surface area contributed by atoms with Gasteiger partial charge in [0, 0.05) is 10.0 Å². The van der Waals surface area contributed by atoms with Gasteiger partial charge < -0.3 is 4.74 Å². The van der Waals surface area contributed by atoms with Gasteiger partial charge in [0.2, 0.25) is 0 Å². The first-order valence-electron chi connectivity index (χ1n) is 8.54. The van der Waals surface area contributed by atoms with Crippen LogP contribution in [0.25, 0.3) is 0 Å². The van der Waals surface area contributed by atoms with Crippen molar-refractivity contribution in [2.24, 2.45) is 0 Å². The Hall–Kier alpha value is -3.25. The number of halogens is 1. The van der Waals surface area contributed by atoms with Crippen LogP contribution in [0.1, 0.15) is 31.1 Å². The minimum absolute atomic E-state index is 0.103. The predicted molar refractivity (Wildman–Crippen MR) is 108 cm³/mol. The molecule has 0 aromatic heterocycles. The number of fused-ring (bicyclic) bond motifs is 1. The van der Waals surface area contributed by atoms with Gasteiger partial charge in [-0.3, -0.25) is 14.4 Å². The molecule has 1 heterocycles. The number of hydrogen-bond donors (Lipinski definition) is 0. The molecule has 3 aromatic carbocycles. The van der Waals surface area contributed by atoms with Crippen LogP contribution in [0.4, 0.5) is 5.69 Å². The number of carbonyl (C=O) groups excluding carboxylic acids is 3. The molecule has 3 aromatic rings. The van der Waals surface area contributed by atoms with Crippen molar-refractivity contribution >= 4 is 39.2 Å². The fraction of sp³-hybridized carbons (Fsp3) is 0.0455. The van der Waals surface area contributed by atoms with Crippen LogP contribution in [-0.4, -0.2) is 24.2 Å². The fourth-order valence-electron chi connectivity index (χ4n) is 2.98. The molecule has 4 rings (SSSR count). The van der Waals surface area contributed by atoms with Crippen molar-refractivity contribution in [1.29, 1.82) is 0 Å². The lowest BCUT2D eigenvalue weighted by Gasteiger charge is -2.14. The van der Waals surface area contributed by atoms with Crippen LogP contribution in [0.15, 0.2) is 77.3 Å². The van der Waals surface area contributed by atoms with E-state index >= 15 is 0 Å². The van der Waals surface area contributed by atoms with Gasteiger partial charge in [-0.15, -0.1) is 0 Å². The summed E-state index contributed by atoms with van der Waals surface area (Å²) < 4.78 is 6.43. The molecule has 138 valence electrons. The molecule has 6 heteroatoms. The Kier molecular flexibility index (Phi) is 4.79. The van der Waals surface area contributed by atoms with Gasteiger partial charge >= 0.3 is 0 Å². The first-order chi connectivity index (χ1) is 13.5. The van der Waals surface area contributed by atoms with Gasteiger partial charge in [0.05, 0.1) is 16.8 Å². The highest BCUT2D eigenvalue weighted by atomic mass is 79.9. The maximum atomic E-state index is 12.5. The topological polar surface area (TPSA) is 63.7 Å². The molecule has 0 spiro atoms. The predicted octanol–water partition coefficient (Wildman–Crippen LogP) is 4.51. The summed E-state index contributed by atoms with van der Waals surface area (Å²) in [5.41, 5.74) is 1.81. The van der Waals surface area contributed by atoms with Gasteiger partial charge in [-0.25, -0.2) is 4.90 Å². The number of nitrogens with zero attached hydrogens (tertiary/aromatic N) is 1. The maximum absolute atomic E-state index is 12.5. The molecule has 0 saturated heterocycles. The highest BCUT2D eigenvalue weighted by Gasteiger charge is 2.36. The summed E-state index contributed by atoms with van der Waals surface area (Å²) in [4.78, 5) is 38.3. The van der Waals surface area contributed by atoms with Crippen LogP contribution in [-0.2, 0) is 0 Å². The van der Waals surface area contributed by atoms with E-state index in [-0.39, 0.29) is 24.2 Å². The van der Waals surface area contributed by atoms with Crippen molar-refractivity contribution in [3.8, 4) is 5.75 Å². The van der Waals surface area contributed by atoms with Crippen molar-refractivity contribution in [1.82, 2.24) is 0 Å². The molecule has 1 aliphatic heterocycles. The largest absolute Gasteiger partial charge is 0.485 e. The second-order valence-electron chi connectivity index (χ2n) is 6.20. The Labute approximate surface area is 169 Å². The minimum atomic E-state index is -0.348. The van der Waals surface area contributed by atoms with E-state index in [9.17, 15) is 14.4 Å². The highest BCUT2D eigenvalue weighted by Crippen LogP contribution is 2.29. The number of imide groups is 1. The van der Waals surface area contributed by atoms with Gasteiger partial charge in [0.1, 0.15) is 5.75 Å². The quantitative estimate of drug-likeness (QED) is 0.436. The van der Waals surface area contributed by atoms with Gasteiger partial charge in [-0.05, 0) is 48.5 Å². The van der Waals surface area contributed by atoms with Gasteiger partial charge in [-0.1, -0.05) is 40.2 Å². The maximum Gasteiger partial charge on any atom is 0.266 e. The number of Topliss-reactive ketones (excluding diaryl/α,β-unsaturated/α-hetero) is 1. The summed E-state index contributed by atoms with van der Waals surface area (Å²) in [5.74, 6) is -0.359. The lowest BCUT2D eigenvalue weighted by Crippen LogP contribution is -2.29. The van der Waals surface area contributed by atoms with Crippen LogP contribution >= 0.6 is 15.9 Å². The molecule has 5 nitrogen and oxygen atoms in total. The molecule has 0 atom stereocenters. The first-order valence-corrected chi connectivity index (χ1v) is 9.33. The molecule has 0 aliphatic carbocycles. The van der Waals surface area contributed by atoms with Crippen molar-refractivity contribution < 1.29 is 19.1 Å². The van der Waals surface area contributed by atoms with Crippen LogP contribution in [0, 0.1) is 0 Å². The van der Waals surface area contributed by atoms with E-state index in [0.29, 0.717) is 28.1 Å². The lowest BCUT2D eigenvalue weighted by atomic mass is 10.1. The third kappa shape index (κ3) is 3.34. The summed E-state index contributed by atoms with van der Waals surface area (Å²) in [6, 6.07) is 20.3. The van der Waals surface area contributed by atoms with E-state index < -0.39 is 0 Å². The number of carbonyl (C=O) groups is 3. The third-order valence-electron chi connectivity index (χ3n) is 4.43. The Morgan fingerprint density at radius 1 is 0.821 bits per heavy atom. The van der Waals surface area contributed by atoms with Crippen LogP contribution in [0.5, 0.6) is 5.75 Å². The monoisotopic (exact) mass is 435 g/mol. The fourth-order valence-corrected chi connectivity index (χ4v) is 3.25. The van der Waals surface area contributed by atoms with E-state index in [1.54, 1.807) is 72.8 Å². The molecule has 0 unspecified atom stereocenters. The third-order valence-corrected chi connectivity index (χ3v) is 4.95. The van der Waals surface area contributed by atoms with Crippen LogP contribution in [0.3, 0.4) is 0 Å². The van der Waals surface area contributed by atoms with Gasteiger partial charge in [0.15, 0.2) is 12.4 Å². The van der Waals surface area contributed by atoms with Crippen LogP contribution in [0.2, 0.25) is 0 Å². The zero-order valence-corrected chi connectivity index (χ0v) is 16.2. The van der Waals surface area contributed by atoms with Crippen molar-refractivity contribution in [3.05, 3.63) is 94.0 Å². The average Bonchev–Trinajstić information content (AvgIpc) is 2.98. The number of amides is 2. The summed E-state index contributed by atoms with van der Waals surface area (Å²) in [6.45, 7) is -0.103. The zero-order chi connectivity index (χ0) is 19.7. The molecule has 0 saturated carbocycles. The summed E-state index contributed by atoms with van der Waals surface area (Å²) in [6.07, 6.45) is 0. The highest BCUT2D eigenvalue weighted by molar-refractivity contribution is 9.10. The van der Waals surface area contributed by atoms with Crippen molar-refractivity contribution in [3.63, 3.8) is 0 Å². The van der Waals surface area contributed by atoms with Crippen LogP contribution < -0.4 is 9.64 Å². The van der Waals surface area contributed by atoms with E-state index in [2.05, 4.69) is 15.9 Å². The lowest BCUT2D eigenvalue weighted by molar-refractivity contribution is 0.0915. The number of rotatable bonds is 5. The molecular weight excluding hydrogens is 422 g/mol. The molecule has 0 bridgehead atoms. The normalized spacial score (nSPS) is 12.8. The molecule has 1 aliphatic rings. The Morgan fingerprint density at radius 2 is 1.39 bits per heavy atom. The molecule has 0 fully saturated rings. The Morgan fingerprint density at radius 3 is 1.96 bits per heavy atom. The minimum Gasteiger partial charge on any atom is -0.485 e. The second kappa shape index (κ2) is 7.40. The molecule has 2 amide bonds. The number of ketones is 1. The van der Waals surface area contributed by atoms with E-state index in [1.807, 2.05) is 0 Å². The van der Waals surface area contributed by atoms with E-state index in [0.717, 1.165) is 9.37 Å². The summed E-state index contributed by atoms with van der Waals surface area (Å²) >= 11 is 3.33. The van der Waals surface area contributed by atoms with Crippen molar-refractivity contribution in [2.45, 2.75) is 0 Å². The molecule has 0 radical (unpaired) electrons. The van der Waals surface area contributed by atoms with Crippen molar-refractivity contribution in [2.75, 3.05) is 11.5 Å². The summed E-state index contributed by atoms with van der Waals surface area (Å²) in [5, 5.41) is 0. The smallest absolute Gasteiger partial charge is 0.266 e. The number of anilines is 1. The average molecular weight is 436 g/mol. The molecule has 0 N–H and O–H groups in total. The first kappa shape index (κ1) is 18.1. The standard InChI is InChI=1S/C22H14BrNO4/c23-15-7-5-14(6-8-15)20(25)13-28-17-11-9-16(10-12-17)24-21(26)18-3-1-2-4-19(18)22(24)27/h1-12H,13H2. The Balaban J connectivity index is 1.45. The number of benzene rings is 3. The second-order valence-corrected chi connectivity index (χ2v) is 7.12. The van der Waals surface area contributed by atoms with Gasteiger partial charge in [-0.2, -0.15) is 0 Å². The van der Waals surface area contributed by atoms with E-state index in [4.69, 9.17) is 4.74 Å². The van der Waals surface area contributed by atoms with E-state index in [1.165, 1.54) is 0 Å². The molecule has 28 heavy (non-hydrogen) atoms. The number of ether oxygens (including phenoxy) is 1. The van der Waals surface area contributed by atoms with Gasteiger partial charge in [0.25, 0.3) is 11.8 Å². The Bertz CT molecular complexity index is 1040. The zero-order valence-electron chi connectivity index (χ0n) is 14.6.